The molecule has 154 valence electrons. The topological polar surface area (TPSA) is 73.8 Å². The van der Waals surface area contributed by atoms with E-state index in [1.165, 1.54) is 0 Å². The molecule has 0 radical (unpaired) electrons. The van der Waals surface area contributed by atoms with Crippen LogP contribution in [0, 0.1) is 0 Å². The summed E-state index contributed by atoms with van der Waals surface area (Å²) >= 11 is 5.72. The number of aromatic nitrogens is 2. The maximum Gasteiger partial charge on any atom is 0.498 e. The molecule has 0 bridgehead atoms. The van der Waals surface area contributed by atoms with Crippen LogP contribution in [0.1, 0.15) is 53.4 Å². The summed E-state index contributed by atoms with van der Waals surface area (Å²) in [5.41, 5.74) is -0.0459. The Morgan fingerprint density at radius 3 is 2.50 bits per heavy atom. The number of carbonyl (C=O) groups is 1. The van der Waals surface area contributed by atoms with Crippen molar-refractivity contribution in [2.75, 3.05) is 19.0 Å². The lowest BCUT2D eigenvalue weighted by molar-refractivity contribution is -0.132. The zero-order valence-electron chi connectivity index (χ0n) is 17.1. The van der Waals surface area contributed by atoms with Crippen LogP contribution in [-0.4, -0.2) is 64.2 Å². The molecule has 0 N–H and O–H groups in total. The normalized spacial score (nSPS) is 23.7. The van der Waals surface area contributed by atoms with E-state index >= 15 is 0 Å². The molecule has 1 aromatic rings. The second kappa shape index (κ2) is 8.55. The minimum absolute atomic E-state index is 0.00520. The number of alkyl halides is 1. The third kappa shape index (κ3) is 4.61. The van der Waals surface area contributed by atoms with Gasteiger partial charge in [-0.05, 0) is 47.0 Å². The highest BCUT2D eigenvalue weighted by Gasteiger charge is 2.52. The smallest absolute Gasteiger partial charge is 0.463 e. The van der Waals surface area contributed by atoms with Gasteiger partial charge >= 0.3 is 13.1 Å². The largest absolute Gasteiger partial charge is 0.498 e. The Morgan fingerprint density at radius 2 is 1.89 bits per heavy atom. The first-order valence-electron chi connectivity index (χ1n) is 9.89. The van der Waals surface area contributed by atoms with Crippen LogP contribution < -0.4 is 10.2 Å². The maximum absolute atomic E-state index is 12.0. The van der Waals surface area contributed by atoms with Gasteiger partial charge in [-0.3, -0.25) is 4.79 Å². The molecule has 1 atom stereocenters. The van der Waals surface area contributed by atoms with E-state index in [0.717, 1.165) is 37.7 Å². The van der Waals surface area contributed by atoms with Gasteiger partial charge < -0.3 is 18.9 Å². The predicted molar refractivity (Wildman–Crippen MR) is 108 cm³/mol. The van der Waals surface area contributed by atoms with Crippen LogP contribution in [0.25, 0.3) is 0 Å². The molecule has 28 heavy (non-hydrogen) atoms. The fourth-order valence-corrected chi connectivity index (χ4v) is 3.65. The second-order valence-corrected chi connectivity index (χ2v) is 8.66. The van der Waals surface area contributed by atoms with Gasteiger partial charge in [0.05, 0.1) is 17.8 Å². The van der Waals surface area contributed by atoms with Gasteiger partial charge in [-0.25, -0.2) is 9.97 Å². The Bertz CT molecular complexity index is 670. The molecule has 1 aromatic heterocycles. The minimum atomic E-state index is -0.489. The Balaban J connectivity index is 1.52. The van der Waals surface area contributed by atoms with Crippen molar-refractivity contribution in [2.45, 2.75) is 70.6 Å². The zero-order chi connectivity index (χ0) is 20.4. The molecule has 2 fully saturated rings. The molecule has 3 rings (SSSR count). The van der Waals surface area contributed by atoms with Gasteiger partial charge in [-0.2, -0.15) is 0 Å². The highest BCUT2D eigenvalue weighted by Crippen LogP contribution is 2.36. The van der Waals surface area contributed by atoms with Gasteiger partial charge in [0, 0.05) is 36.9 Å². The highest BCUT2D eigenvalue weighted by atomic mass is 35.5. The van der Waals surface area contributed by atoms with Crippen molar-refractivity contribution in [3.63, 3.8) is 0 Å². The summed E-state index contributed by atoms with van der Waals surface area (Å²) < 4.78 is 17.7. The van der Waals surface area contributed by atoms with Gasteiger partial charge in [0.1, 0.15) is 5.88 Å². The number of hydrogen-bond donors (Lipinski definition) is 0. The molecule has 1 amide bonds. The average molecular weight is 410 g/mol. The fourth-order valence-electron chi connectivity index (χ4n) is 3.49. The van der Waals surface area contributed by atoms with Gasteiger partial charge in [-0.1, -0.05) is 0 Å². The van der Waals surface area contributed by atoms with E-state index in [0.29, 0.717) is 12.6 Å². The summed E-state index contributed by atoms with van der Waals surface area (Å²) in [6, 6.07) is 0.482. The van der Waals surface area contributed by atoms with Crippen molar-refractivity contribution >= 4 is 30.1 Å². The lowest BCUT2D eigenvalue weighted by Crippen LogP contribution is -2.45. The van der Waals surface area contributed by atoms with E-state index in [2.05, 4.69) is 9.97 Å². The molecular formula is C19H29BClN3O4. The van der Waals surface area contributed by atoms with Crippen molar-refractivity contribution in [3.8, 4) is 6.01 Å². The molecule has 2 aliphatic heterocycles. The Kier molecular flexibility index (Phi) is 6.52. The van der Waals surface area contributed by atoms with Crippen LogP contribution in [-0.2, 0) is 14.1 Å². The number of amides is 1. The maximum atomic E-state index is 12.0. The van der Waals surface area contributed by atoms with Crippen molar-refractivity contribution in [1.82, 2.24) is 14.9 Å². The van der Waals surface area contributed by atoms with Crippen molar-refractivity contribution < 1.29 is 18.8 Å². The number of halogens is 1. The first kappa shape index (κ1) is 21.3. The molecule has 3 heterocycles. The van der Waals surface area contributed by atoms with E-state index < -0.39 is 18.3 Å². The van der Waals surface area contributed by atoms with Gasteiger partial charge in [0.15, 0.2) is 0 Å². The zero-order valence-corrected chi connectivity index (χ0v) is 17.9. The van der Waals surface area contributed by atoms with Crippen LogP contribution in [0.4, 0.5) is 0 Å². The van der Waals surface area contributed by atoms with Crippen LogP contribution in [0.15, 0.2) is 12.4 Å². The van der Waals surface area contributed by atoms with E-state index in [1.807, 2.05) is 32.6 Å². The first-order valence-corrected chi connectivity index (χ1v) is 10.4. The number of ether oxygens (including phenoxy) is 1. The standard InChI is InChI=1S/C19H29BClN3O4/c1-18(2)19(3,4)28-20(27-18)14-12-22-17(23-13-14)26-10-8-15-7-5-6-9-24(15)16(25)11-21/h12-13,15H,5-11H2,1-4H3/t15-/m1/s1. The molecule has 2 aliphatic rings. The van der Waals surface area contributed by atoms with E-state index in [4.69, 9.17) is 25.6 Å². The third-order valence-electron chi connectivity index (χ3n) is 5.92. The molecule has 7 nitrogen and oxygen atoms in total. The van der Waals surface area contributed by atoms with Crippen molar-refractivity contribution in [1.29, 1.82) is 0 Å². The fraction of sp³-hybridized carbons (Fsp3) is 0.737. The molecule has 2 saturated heterocycles. The van der Waals surface area contributed by atoms with Gasteiger partial charge in [-0.15, -0.1) is 11.6 Å². The Morgan fingerprint density at radius 1 is 1.25 bits per heavy atom. The number of rotatable bonds is 6. The lowest BCUT2D eigenvalue weighted by atomic mass is 9.81. The first-order chi connectivity index (χ1) is 13.2. The summed E-state index contributed by atoms with van der Waals surface area (Å²) in [6.45, 7) is 9.26. The van der Waals surface area contributed by atoms with Crippen LogP contribution in [0.3, 0.4) is 0 Å². The van der Waals surface area contributed by atoms with Crippen molar-refractivity contribution in [2.24, 2.45) is 0 Å². The van der Waals surface area contributed by atoms with E-state index in [9.17, 15) is 4.79 Å². The summed E-state index contributed by atoms with van der Waals surface area (Å²) in [7, 11) is -0.489. The molecule has 0 aliphatic carbocycles. The number of likely N-dealkylation sites (tertiary alicyclic amines) is 1. The number of carbonyl (C=O) groups excluding carboxylic acids is 1. The molecule has 9 heteroatoms. The monoisotopic (exact) mass is 409 g/mol. The summed E-state index contributed by atoms with van der Waals surface area (Å²) in [5, 5.41) is 0. The Hall–Kier alpha value is -1.38. The molecule has 0 spiro atoms. The predicted octanol–water partition coefficient (Wildman–Crippen LogP) is 2.16. The van der Waals surface area contributed by atoms with Crippen LogP contribution in [0.5, 0.6) is 6.01 Å². The summed E-state index contributed by atoms with van der Waals surface area (Å²) in [4.78, 5) is 22.4. The SMILES string of the molecule is CC1(C)OB(c2cnc(OCC[C@H]3CCCCN3C(=O)CCl)nc2)OC1(C)C. The summed E-state index contributed by atoms with van der Waals surface area (Å²) in [5.74, 6) is 0.0234. The number of nitrogens with zero attached hydrogens (tertiary/aromatic N) is 3. The number of piperidine rings is 1. The van der Waals surface area contributed by atoms with Crippen LogP contribution in [0.2, 0.25) is 0 Å². The third-order valence-corrected chi connectivity index (χ3v) is 6.15. The molecular weight excluding hydrogens is 380 g/mol. The lowest BCUT2D eigenvalue weighted by Gasteiger charge is -2.35. The molecule has 0 unspecified atom stereocenters. The quantitative estimate of drug-likeness (QED) is 0.529. The van der Waals surface area contributed by atoms with Gasteiger partial charge in [0.2, 0.25) is 5.91 Å². The van der Waals surface area contributed by atoms with Crippen LogP contribution >= 0.6 is 11.6 Å². The van der Waals surface area contributed by atoms with E-state index in [1.54, 1.807) is 12.4 Å². The minimum Gasteiger partial charge on any atom is -0.463 e. The average Bonchev–Trinajstić information content (AvgIpc) is 2.89. The van der Waals surface area contributed by atoms with E-state index in [-0.39, 0.29) is 17.8 Å². The van der Waals surface area contributed by atoms with Gasteiger partial charge in [0.25, 0.3) is 0 Å². The molecule has 0 saturated carbocycles. The summed E-state index contributed by atoms with van der Waals surface area (Å²) in [6.07, 6.45) is 7.22. The highest BCUT2D eigenvalue weighted by molar-refractivity contribution is 6.61. The Labute approximate surface area is 172 Å². The number of hydrogen-bond acceptors (Lipinski definition) is 6. The van der Waals surface area contributed by atoms with Crippen molar-refractivity contribution in [3.05, 3.63) is 12.4 Å². The second-order valence-electron chi connectivity index (χ2n) is 8.39. The molecule has 0 aromatic carbocycles.